The van der Waals surface area contributed by atoms with Gasteiger partial charge in [-0.1, -0.05) is 13.8 Å². The second kappa shape index (κ2) is 9.15. The highest BCUT2D eigenvalue weighted by Crippen LogP contribution is 2.34. The number of ether oxygens (including phenoxy) is 1. The fourth-order valence-corrected chi connectivity index (χ4v) is 4.38. The van der Waals surface area contributed by atoms with Gasteiger partial charge < -0.3 is 10.5 Å². The monoisotopic (exact) mass is 362 g/mol. The van der Waals surface area contributed by atoms with E-state index in [-0.39, 0.29) is 12.1 Å². The van der Waals surface area contributed by atoms with Crippen molar-refractivity contribution in [3.05, 3.63) is 20.8 Å². The molecule has 0 aliphatic heterocycles. The molecule has 1 aromatic rings. The van der Waals surface area contributed by atoms with Crippen LogP contribution in [0.15, 0.2) is 15.9 Å². The van der Waals surface area contributed by atoms with Crippen molar-refractivity contribution in [2.45, 2.75) is 51.7 Å². The van der Waals surface area contributed by atoms with Crippen molar-refractivity contribution in [3.8, 4) is 0 Å². The maximum Gasteiger partial charge on any atom is 0.0702 e. The first-order valence-corrected chi connectivity index (χ1v) is 8.91. The van der Waals surface area contributed by atoms with Crippen LogP contribution >= 0.6 is 27.3 Å². The Morgan fingerprint density at radius 3 is 2.40 bits per heavy atom. The largest absolute Gasteiger partial charge is 0.383 e. The molecule has 1 rings (SSSR count). The van der Waals surface area contributed by atoms with E-state index in [1.165, 1.54) is 4.88 Å². The minimum Gasteiger partial charge on any atom is -0.383 e. The number of halogens is 1. The Morgan fingerprint density at radius 1 is 1.35 bits per heavy atom. The van der Waals surface area contributed by atoms with E-state index in [0.717, 1.165) is 29.8 Å². The summed E-state index contributed by atoms with van der Waals surface area (Å²) in [5.74, 6) is 0. The Bertz CT molecular complexity index is 380. The average Bonchev–Trinajstić information content (AvgIpc) is 2.82. The summed E-state index contributed by atoms with van der Waals surface area (Å²) < 4.78 is 6.46. The van der Waals surface area contributed by atoms with Crippen molar-refractivity contribution >= 4 is 27.3 Å². The summed E-state index contributed by atoms with van der Waals surface area (Å²) in [6, 6.07) is 5.19. The van der Waals surface area contributed by atoms with Crippen molar-refractivity contribution in [1.29, 1.82) is 0 Å². The first-order chi connectivity index (χ1) is 9.54. The van der Waals surface area contributed by atoms with Gasteiger partial charge in [-0.05, 0) is 47.8 Å². The number of thiophene rings is 1. The van der Waals surface area contributed by atoms with Gasteiger partial charge in [0.15, 0.2) is 0 Å². The molecule has 0 amide bonds. The smallest absolute Gasteiger partial charge is 0.0702 e. The highest BCUT2D eigenvalue weighted by Gasteiger charge is 2.29. The van der Waals surface area contributed by atoms with E-state index in [9.17, 15) is 0 Å². The standard InChI is InChI=1S/C15H27BrN2OS/c1-5-12(6-2)18(9-10-19-4)15(11(3)17)13-7-8-14(16)20-13/h7-8,11-12,15H,5-6,9-10,17H2,1-4H3. The topological polar surface area (TPSA) is 38.5 Å². The number of methoxy groups -OCH3 is 1. The molecule has 5 heteroatoms. The molecule has 0 saturated carbocycles. The van der Waals surface area contributed by atoms with Crippen LogP contribution in [-0.2, 0) is 4.74 Å². The van der Waals surface area contributed by atoms with E-state index in [1.54, 1.807) is 18.4 Å². The van der Waals surface area contributed by atoms with E-state index in [0.29, 0.717) is 6.04 Å². The Morgan fingerprint density at radius 2 is 2.00 bits per heavy atom. The van der Waals surface area contributed by atoms with Gasteiger partial charge in [-0.25, -0.2) is 0 Å². The number of hydrogen-bond donors (Lipinski definition) is 1. The Labute approximate surface area is 135 Å². The zero-order valence-electron chi connectivity index (χ0n) is 12.9. The lowest BCUT2D eigenvalue weighted by molar-refractivity contribution is 0.0716. The SMILES string of the molecule is CCC(CC)N(CCOC)C(c1ccc(Br)s1)C(C)N. The van der Waals surface area contributed by atoms with Crippen LogP contribution in [0.1, 0.15) is 44.5 Å². The van der Waals surface area contributed by atoms with Crippen molar-refractivity contribution < 1.29 is 4.74 Å². The van der Waals surface area contributed by atoms with Gasteiger partial charge in [0.2, 0.25) is 0 Å². The second-order valence-corrected chi connectivity index (χ2v) is 7.64. The number of hydrogen-bond acceptors (Lipinski definition) is 4. The molecule has 1 aromatic heterocycles. The van der Waals surface area contributed by atoms with Gasteiger partial charge in [-0.3, -0.25) is 4.90 Å². The molecule has 20 heavy (non-hydrogen) atoms. The molecule has 0 spiro atoms. The van der Waals surface area contributed by atoms with Crippen molar-refractivity contribution in [3.63, 3.8) is 0 Å². The molecule has 0 bridgehead atoms. The van der Waals surface area contributed by atoms with E-state index in [4.69, 9.17) is 10.5 Å². The minimum atomic E-state index is 0.0954. The van der Waals surface area contributed by atoms with Crippen LogP contribution in [0.5, 0.6) is 0 Å². The molecule has 0 aliphatic carbocycles. The van der Waals surface area contributed by atoms with E-state index < -0.39 is 0 Å². The Hall–Kier alpha value is 0.0600. The normalized spacial score (nSPS) is 15.0. The van der Waals surface area contributed by atoms with Gasteiger partial charge >= 0.3 is 0 Å². The van der Waals surface area contributed by atoms with Crippen LogP contribution in [0.2, 0.25) is 0 Å². The summed E-state index contributed by atoms with van der Waals surface area (Å²) in [6.07, 6.45) is 2.27. The predicted molar refractivity (Wildman–Crippen MR) is 91.4 cm³/mol. The highest BCUT2D eigenvalue weighted by atomic mass is 79.9. The van der Waals surface area contributed by atoms with E-state index >= 15 is 0 Å². The van der Waals surface area contributed by atoms with Crippen LogP contribution in [0.3, 0.4) is 0 Å². The number of nitrogens with two attached hydrogens (primary N) is 1. The summed E-state index contributed by atoms with van der Waals surface area (Å²) in [5, 5.41) is 0. The summed E-state index contributed by atoms with van der Waals surface area (Å²) >= 11 is 5.34. The van der Waals surface area contributed by atoms with Gasteiger partial charge in [0.25, 0.3) is 0 Å². The zero-order valence-corrected chi connectivity index (χ0v) is 15.3. The fourth-order valence-electron chi connectivity index (χ4n) is 2.71. The maximum atomic E-state index is 6.31. The van der Waals surface area contributed by atoms with Crippen molar-refractivity contribution in [2.24, 2.45) is 5.73 Å². The van der Waals surface area contributed by atoms with Gasteiger partial charge in [-0.15, -0.1) is 11.3 Å². The van der Waals surface area contributed by atoms with Crippen LogP contribution in [0.4, 0.5) is 0 Å². The molecule has 3 nitrogen and oxygen atoms in total. The van der Waals surface area contributed by atoms with Gasteiger partial charge in [-0.2, -0.15) is 0 Å². The molecule has 0 aliphatic rings. The Kier molecular flexibility index (Phi) is 8.29. The molecule has 2 atom stereocenters. The van der Waals surface area contributed by atoms with Crippen LogP contribution in [-0.4, -0.2) is 37.2 Å². The third kappa shape index (κ3) is 4.81. The first-order valence-electron chi connectivity index (χ1n) is 7.30. The average molecular weight is 363 g/mol. The third-order valence-corrected chi connectivity index (χ3v) is 5.40. The summed E-state index contributed by atoms with van der Waals surface area (Å²) in [5.41, 5.74) is 6.31. The lowest BCUT2D eigenvalue weighted by atomic mass is 10.0. The van der Waals surface area contributed by atoms with E-state index in [2.05, 4.69) is 53.7 Å². The molecule has 116 valence electrons. The molecule has 0 radical (unpaired) electrons. The quantitative estimate of drug-likeness (QED) is 0.720. The lowest BCUT2D eigenvalue weighted by Crippen LogP contribution is -2.46. The first kappa shape index (κ1) is 18.1. The third-order valence-electron chi connectivity index (χ3n) is 3.71. The van der Waals surface area contributed by atoms with Gasteiger partial charge in [0.1, 0.15) is 0 Å². The van der Waals surface area contributed by atoms with Gasteiger partial charge in [0.05, 0.1) is 16.4 Å². The summed E-state index contributed by atoms with van der Waals surface area (Å²) in [4.78, 5) is 3.85. The number of nitrogens with zero attached hydrogens (tertiary/aromatic N) is 1. The van der Waals surface area contributed by atoms with Gasteiger partial charge in [0, 0.05) is 30.6 Å². The van der Waals surface area contributed by atoms with E-state index in [1.807, 2.05) is 0 Å². The van der Waals surface area contributed by atoms with Crippen molar-refractivity contribution in [2.75, 3.05) is 20.3 Å². The maximum absolute atomic E-state index is 6.31. The van der Waals surface area contributed by atoms with Crippen LogP contribution < -0.4 is 5.73 Å². The molecule has 1 heterocycles. The highest BCUT2D eigenvalue weighted by molar-refractivity contribution is 9.11. The molecular weight excluding hydrogens is 336 g/mol. The fraction of sp³-hybridized carbons (Fsp3) is 0.733. The molecule has 0 aromatic carbocycles. The van der Waals surface area contributed by atoms with Crippen LogP contribution in [0, 0.1) is 0 Å². The molecule has 2 N–H and O–H groups in total. The molecule has 0 fully saturated rings. The van der Waals surface area contributed by atoms with Crippen molar-refractivity contribution in [1.82, 2.24) is 4.90 Å². The molecule has 0 saturated heterocycles. The lowest BCUT2D eigenvalue weighted by Gasteiger charge is -2.39. The Balaban J connectivity index is 3.03. The predicted octanol–water partition coefficient (Wildman–Crippen LogP) is 4.04. The molecule has 2 unspecified atom stereocenters. The second-order valence-electron chi connectivity index (χ2n) is 5.15. The summed E-state index contributed by atoms with van der Waals surface area (Å²) in [6.45, 7) is 8.25. The zero-order chi connectivity index (χ0) is 15.1. The minimum absolute atomic E-state index is 0.0954. The summed E-state index contributed by atoms with van der Waals surface area (Å²) in [7, 11) is 1.76. The van der Waals surface area contributed by atoms with Crippen LogP contribution in [0.25, 0.3) is 0 Å². The number of rotatable bonds is 9. The molecular formula is C15H27BrN2OS.